The van der Waals surface area contributed by atoms with Gasteiger partial charge in [-0.25, -0.2) is 0 Å². The van der Waals surface area contributed by atoms with E-state index in [1.165, 1.54) is 10.2 Å². The fraction of sp³-hybridized carbons (Fsp3) is 0.0625. The molecule has 0 spiro atoms. The van der Waals surface area contributed by atoms with Crippen molar-refractivity contribution in [3.63, 3.8) is 0 Å². The highest BCUT2D eigenvalue weighted by Gasteiger charge is 2.11. The molecular formula is C16H15N5S. The molecular weight excluding hydrogens is 294 g/mol. The summed E-state index contributed by atoms with van der Waals surface area (Å²) < 4.78 is 1.41. The molecule has 3 rings (SSSR count). The molecule has 0 saturated carbocycles. The molecule has 110 valence electrons. The summed E-state index contributed by atoms with van der Waals surface area (Å²) in [7, 11) is 1.72. The van der Waals surface area contributed by atoms with Gasteiger partial charge in [-0.1, -0.05) is 54.6 Å². The van der Waals surface area contributed by atoms with Crippen molar-refractivity contribution in [2.75, 3.05) is 12.8 Å². The Labute approximate surface area is 133 Å². The summed E-state index contributed by atoms with van der Waals surface area (Å²) in [6, 6.07) is 18.2. The molecule has 0 radical (unpaired) electrons. The van der Waals surface area contributed by atoms with Crippen LogP contribution in [0, 0.1) is 0 Å². The lowest BCUT2D eigenvalue weighted by Crippen LogP contribution is -2.26. The van der Waals surface area contributed by atoms with Crippen LogP contribution in [0.4, 0.5) is 5.95 Å². The third kappa shape index (κ3) is 2.68. The highest BCUT2D eigenvalue weighted by Crippen LogP contribution is 2.23. The Morgan fingerprint density at radius 2 is 1.59 bits per heavy atom. The molecule has 0 aliphatic heterocycles. The summed E-state index contributed by atoms with van der Waals surface area (Å²) >= 11 is 5.13. The molecule has 22 heavy (non-hydrogen) atoms. The van der Waals surface area contributed by atoms with E-state index in [4.69, 9.17) is 18.0 Å². The molecule has 0 fully saturated rings. The van der Waals surface area contributed by atoms with E-state index in [0.717, 1.165) is 11.1 Å². The number of nitrogens with zero attached hydrogens (tertiary/aromatic N) is 3. The number of aromatic nitrogens is 3. The maximum atomic E-state index is 5.84. The molecule has 0 saturated heterocycles. The van der Waals surface area contributed by atoms with Crippen LogP contribution in [0.25, 0.3) is 22.5 Å². The number of nitrogen functional groups attached to an aromatic ring is 1. The zero-order chi connectivity index (χ0) is 15.5. The molecule has 1 aromatic heterocycles. The van der Waals surface area contributed by atoms with Gasteiger partial charge in [0.2, 0.25) is 5.95 Å². The van der Waals surface area contributed by atoms with E-state index in [0.29, 0.717) is 10.9 Å². The topological polar surface area (TPSA) is 68.8 Å². The van der Waals surface area contributed by atoms with Gasteiger partial charge in [-0.05, 0) is 23.3 Å². The van der Waals surface area contributed by atoms with E-state index in [1.807, 2.05) is 42.5 Å². The molecule has 0 aliphatic rings. The molecule has 6 heteroatoms. The van der Waals surface area contributed by atoms with Gasteiger partial charge < -0.3 is 11.1 Å². The molecule has 3 aromatic rings. The van der Waals surface area contributed by atoms with Gasteiger partial charge >= 0.3 is 0 Å². The number of nitrogens with one attached hydrogen (secondary N) is 1. The van der Waals surface area contributed by atoms with Crippen LogP contribution in [0.15, 0.2) is 54.6 Å². The summed E-state index contributed by atoms with van der Waals surface area (Å²) in [5.41, 5.74) is 9.04. The van der Waals surface area contributed by atoms with Crippen LogP contribution >= 0.6 is 12.2 Å². The minimum absolute atomic E-state index is 0.265. The predicted octanol–water partition coefficient (Wildman–Crippen LogP) is 2.55. The van der Waals surface area contributed by atoms with Gasteiger partial charge in [0.05, 0.1) is 0 Å². The van der Waals surface area contributed by atoms with Gasteiger partial charge in [0, 0.05) is 12.6 Å². The van der Waals surface area contributed by atoms with Crippen LogP contribution in [-0.2, 0) is 0 Å². The SMILES string of the molecule is CNC(=S)n1nc(-c2ccc(-c3ccccc3)cc2)nc1N. The first-order valence-corrected chi connectivity index (χ1v) is 7.20. The fourth-order valence-electron chi connectivity index (χ4n) is 2.14. The van der Waals surface area contributed by atoms with Gasteiger partial charge in [-0.3, -0.25) is 0 Å². The average molecular weight is 309 g/mol. The lowest BCUT2D eigenvalue weighted by Gasteiger charge is -2.03. The minimum Gasteiger partial charge on any atom is -0.368 e. The number of nitrogens with two attached hydrogens (primary N) is 1. The Hall–Kier alpha value is -2.73. The van der Waals surface area contributed by atoms with E-state index >= 15 is 0 Å². The number of anilines is 1. The van der Waals surface area contributed by atoms with Crippen molar-refractivity contribution in [1.29, 1.82) is 0 Å². The summed E-state index contributed by atoms with van der Waals surface area (Å²) in [5, 5.41) is 7.57. The first-order chi connectivity index (χ1) is 10.7. The first kappa shape index (κ1) is 14.2. The molecule has 0 atom stereocenters. The van der Waals surface area contributed by atoms with Crippen LogP contribution in [0.2, 0.25) is 0 Å². The summed E-state index contributed by atoms with van der Waals surface area (Å²) in [4.78, 5) is 4.25. The normalized spacial score (nSPS) is 10.4. The minimum atomic E-state index is 0.265. The van der Waals surface area contributed by atoms with Crippen LogP contribution in [0.3, 0.4) is 0 Å². The van der Waals surface area contributed by atoms with Gasteiger partial charge in [-0.15, -0.1) is 5.10 Å². The summed E-state index contributed by atoms with van der Waals surface area (Å²) in [6.45, 7) is 0. The zero-order valence-electron chi connectivity index (χ0n) is 12.0. The number of benzene rings is 2. The van der Waals surface area contributed by atoms with Crippen molar-refractivity contribution in [3.8, 4) is 22.5 Å². The summed E-state index contributed by atoms with van der Waals surface area (Å²) in [5.74, 6) is 0.816. The van der Waals surface area contributed by atoms with E-state index in [9.17, 15) is 0 Å². The summed E-state index contributed by atoms with van der Waals surface area (Å²) in [6.07, 6.45) is 0. The lowest BCUT2D eigenvalue weighted by molar-refractivity contribution is 0.915. The standard InChI is InChI=1S/C16H15N5S/c1-18-16(22)21-15(17)19-14(20-21)13-9-7-12(8-10-13)11-5-3-2-4-6-11/h2-10H,1H3,(H,18,22)(H2,17,19,20). The second-order valence-electron chi connectivity index (χ2n) is 4.70. The van der Waals surface area contributed by atoms with Crippen LogP contribution in [-0.4, -0.2) is 26.9 Å². The molecule has 5 nitrogen and oxygen atoms in total. The van der Waals surface area contributed by atoms with E-state index < -0.39 is 0 Å². The van der Waals surface area contributed by atoms with Crippen molar-refractivity contribution in [2.24, 2.45) is 0 Å². The largest absolute Gasteiger partial charge is 0.368 e. The van der Waals surface area contributed by atoms with Crippen molar-refractivity contribution in [1.82, 2.24) is 20.1 Å². The number of rotatable bonds is 2. The molecule has 0 aliphatic carbocycles. The van der Waals surface area contributed by atoms with Crippen molar-refractivity contribution in [3.05, 3.63) is 54.6 Å². The molecule has 0 amide bonds. The van der Waals surface area contributed by atoms with Crippen molar-refractivity contribution in [2.45, 2.75) is 0 Å². The third-order valence-electron chi connectivity index (χ3n) is 3.29. The van der Waals surface area contributed by atoms with E-state index in [-0.39, 0.29) is 5.95 Å². The average Bonchev–Trinajstić information content (AvgIpc) is 2.97. The number of hydrogen-bond acceptors (Lipinski definition) is 4. The zero-order valence-corrected chi connectivity index (χ0v) is 12.8. The quantitative estimate of drug-likeness (QED) is 0.712. The Morgan fingerprint density at radius 1 is 1.00 bits per heavy atom. The first-order valence-electron chi connectivity index (χ1n) is 6.79. The van der Waals surface area contributed by atoms with E-state index in [1.54, 1.807) is 7.05 Å². The monoisotopic (exact) mass is 309 g/mol. The molecule has 2 aromatic carbocycles. The Kier molecular flexibility index (Phi) is 3.84. The van der Waals surface area contributed by atoms with Crippen LogP contribution < -0.4 is 11.1 Å². The smallest absolute Gasteiger partial charge is 0.226 e. The third-order valence-corrected chi connectivity index (χ3v) is 3.67. The van der Waals surface area contributed by atoms with Crippen molar-refractivity contribution >= 4 is 23.3 Å². The molecule has 0 unspecified atom stereocenters. The van der Waals surface area contributed by atoms with Crippen LogP contribution in [0.1, 0.15) is 0 Å². The van der Waals surface area contributed by atoms with Gasteiger partial charge in [0.25, 0.3) is 0 Å². The number of thiocarbonyl (C=S) groups is 1. The second-order valence-corrected chi connectivity index (χ2v) is 5.09. The van der Waals surface area contributed by atoms with Gasteiger partial charge in [0.15, 0.2) is 10.9 Å². The second kappa shape index (κ2) is 5.95. The van der Waals surface area contributed by atoms with Gasteiger partial charge in [0.1, 0.15) is 0 Å². The Morgan fingerprint density at radius 3 is 2.23 bits per heavy atom. The predicted molar refractivity (Wildman–Crippen MR) is 92.4 cm³/mol. The molecule has 1 heterocycles. The van der Waals surface area contributed by atoms with Crippen molar-refractivity contribution < 1.29 is 0 Å². The Balaban J connectivity index is 1.92. The highest BCUT2D eigenvalue weighted by atomic mass is 32.1. The maximum absolute atomic E-state index is 5.84. The molecule has 0 bridgehead atoms. The lowest BCUT2D eigenvalue weighted by atomic mass is 10.0. The maximum Gasteiger partial charge on any atom is 0.226 e. The number of hydrogen-bond donors (Lipinski definition) is 2. The Bertz CT molecular complexity index is 793. The molecule has 3 N–H and O–H groups in total. The van der Waals surface area contributed by atoms with E-state index in [2.05, 4.69) is 27.5 Å². The highest BCUT2D eigenvalue weighted by molar-refractivity contribution is 7.80. The fourth-order valence-corrected chi connectivity index (χ4v) is 2.28. The van der Waals surface area contributed by atoms with Gasteiger partial charge in [-0.2, -0.15) is 9.67 Å². The van der Waals surface area contributed by atoms with Crippen LogP contribution in [0.5, 0.6) is 0 Å².